The number of nitrogens with one attached hydrogen (secondary N) is 1. The molecule has 0 saturated heterocycles. The lowest BCUT2D eigenvalue weighted by Gasteiger charge is -1.94. The molecule has 2 aromatic heterocycles. The van der Waals surface area contributed by atoms with Crippen molar-refractivity contribution in [2.24, 2.45) is 0 Å². The van der Waals surface area contributed by atoms with Crippen molar-refractivity contribution >= 4 is 5.97 Å². The van der Waals surface area contributed by atoms with Crippen molar-refractivity contribution in [2.75, 3.05) is 6.61 Å². The second kappa shape index (κ2) is 3.91. The van der Waals surface area contributed by atoms with Crippen molar-refractivity contribution in [3.05, 3.63) is 18.2 Å². The van der Waals surface area contributed by atoms with Gasteiger partial charge in [-0.2, -0.15) is 10.1 Å². The third-order valence-electron chi connectivity index (χ3n) is 1.62. The number of hydrogen-bond acceptors (Lipinski definition) is 6. The van der Waals surface area contributed by atoms with Gasteiger partial charge < -0.3 is 9.26 Å². The Labute approximate surface area is 84.4 Å². The molecule has 1 N–H and O–H groups in total. The summed E-state index contributed by atoms with van der Waals surface area (Å²) in [6.45, 7) is 2.01. The smallest absolute Gasteiger partial charge is 0.375 e. The first-order chi connectivity index (χ1) is 7.31. The molecule has 0 radical (unpaired) electrons. The van der Waals surface area contributed by atoms with Crippen LogP contribution in [0.2, 0.25) is 0 Å². The van der Waals surface area contributed by atoms with E-state index in [2.05, 4.69) is 24.9 Å². The summed E-state index contributed by atoms with van der Waals surface area (Å²) in [7, 11) is 0. The zero-order chi connectivity index (χ0) is 10.7. The lowest BCUT2D eigenvalue weighted by molar-refractivity contribution is 0.0512. The van der Waals surface area contributed by atoms with Crippen molar-refractivity contribution in [3.63, 3.8) is 0 Å². The number of H-pyrrole nitrogens is 1. The number of rotatable bonds is 3. The van der Waals surface area contributed by atoms with Gasteiger partial charge in [0.15, 0.2) is 5.69 Å². The van der Waals surface area contributed by atoms with Crippen LogP contribution in [0.15, 0.2) is 16.9 Å². The van der Waals surface area contributed by atoms with Gasteiger partial charge in [0.05, 0.1) is 6.61 Å². The van der Waals surface area contributed by atoms with E-state index in [0.717, 1.165) is 0 Å². The summed E-state index contributed by atoms with van der Waals surface area (Å²) in [4.78, 5) is 15.1. The number of aromatic amines is 1. The van der Waals surface area contributed by atoms with Crippen LogP contribution in [0.4, 0.5) is 0 Å². The first-order valence-corrected chi connectivity index (χ1v) is 4.31. The summed E-state index contributed by atoms with van der Waals surface area (Å²) < 4.78 is 9.37. The molecule has 0 amide bonds. The maximum Gasteiger partial charge on any atom is 0.375 e. The van der Waals surface area contributed by atoms with Gasteiger partial charge in [0, 0.05) is 6.07 Å². The second-order valence-electron chi connectivity index (χ2n) is 2.61. The van der Waals surface area contributed by atoms with E-state index in [-0.39, 0.29) is 5.82 Å². The molecule has 78 valence electrons. The topological polar surface area (TPSA) is 93.9 Å². The van der Waals surface area contributed by atoms with Gasteiger partial charge in [-0.15, -0.1) is 0 Å². The van der Waals surface area contributed by atoms with Crippen molar-refractivity contribution in [1.82, 2.24) is 20.3 Å². The molecule has 0 unspecified atom stereocenters. The zero-order valence-corrected chi connectivity index (χ0v) is 7.93. The van der Waals surface area contributed by atoms with E-state index < -0.39 is 5.97 Å². The van der Waals surface area contributed by atoms with Gasteiger partial charge in [0.25, 0.3) is 0 Å². The standard InChI is InChI=1S/C8H8N4O3/c1-2-14-8(13)7-9-6(10-11-7)5-3-4-15-12-5/h3-4H,2H2,1H3,(H,9,10,11). The van der Waals surface area contributed by atoms with Crippen LogP contribution in [0, 0.1) is 0 Å². The molecule has 0 atom stereocenters. The minimum atomic E-state index is -0.542. The highest BCUT2D eigenvalue weighted by Gasteiger charge is 2.14. The maximum absolute atomic E-state index is 11.2. The van der Waals surface area contributed by atoms with E-state index >= 15 is 0 Å². The largest absolute Gasteiger partial charge is 0.460 e. The fraction of sp³-hybridized carbons (Fsp3) is 0.250. The third kappa shape index (κ3) is 1.85. The highest BCUT2D eigenvalue weighted by molar-refractivity contribution is 5.85. The van der Waals surface area contributed by atoms with Gasteiger partial charge in [-0.05, 0) is 6.92 Å². The Morgan fingerprint density at radius 3 is 3.20 bits per heavy atom. The lowest BCUT2D eigenvalue weighted by atomic mass is 10.4. The predicted molar refractivity (Wildman–Crippen MR) is 47.8 cm³/mol. The van der Waals surface area contributed by atoms with E-state index in [1.165, 1.54) is 6.26 Å². The average Bonchev–Trinajstić information content (AvgIpc) is 2.89. The number of carbonyl (C=O) groups excluding carboxylic acids is 1. The fourth-order valence-corrected chi connectivity index (χ4v) is 0.995. The number of hydrogen-bond donors (Lipinski definition) is 1. The van der Waals surface area contributed by atoms with Gasteiger partial charge in [-0.3, -0.25) is 5.10 Å². The Bertz CT molecular complexity index is 448. The van der Waals surface area contributed by atoms with Crippen LogP contribution in [0.3, 0.4) is 0 Å². The normalized spacial score (nSPS) is 10.2. The van der Waals surface area contributed by atoms with E-state index in [0.29, 0.717) is 18.1 Å². The molecular weight excluding hydrogens is 200 g/mol. The predicted octanol–water partition coefficient (Wildman–Crippen LogP) is 0.636. The number of carbonyl (C=O) groups is 1. The van der Waals surface area contributed by atoms with Crippen molar-refractivity contribution in [1.29, 1.82) is 0 Å². The monoisotopic (exact) mass is 208 g/mol. The maximum atomic E-state index is 11.2. The summed E-state index contributed by atoms with van der Waals surface area (Å²) >= 11 is 0. The fourth-order valence-electron chi connectivity index (χ4n) is 0.995. The molecule has 7 nitrogen and oxygen atoms in total. The van der Waals surface area contributed by atoms with Gasteiger partial charge in [-0.25, -0.2) is 4.79 Å². The highest BCUT2D eigenvalue weighted by atomic mass is 16.5. The van der Waals surface area contributed by atoms with Gasteiger partial charge >= 0.3 is 5.97 Å². The minimum absolute atomic E-state index is 0.0508. The quantitative estimate of drug-likeness (QED) is 0.743. The van der Waals surface area contributed by atoms with Crippen LogP contribution in [0.25, 0.3) is 11.5 Å². The van der Waals surface area contributed by atoms with E-state index in [4.69, 9.17) is 4.74 Å². The number of esters is 1. The molecule has 2 rings (SSSR count). The molecule has 2 aromatic rings. The molecule has 2 heterocycles. The Morgan fingerprint density at radius 1 is 1.67 bits per heavy atom. The minimum Gasteiger partial charge on any atom is -0.460 e. The van der Waals surface area contributed by atoms with Crippen LogP contribution in [-0.2, 0) is 4.74 Å². The van der Waals surface area contributed by atoms with Crippen molar-refractivity contribution in [3.8, 4) is 11.5 Å². The molecule has 0 aliphatic heterocycles. The molecule has 0 spiro atoms. The third-order valence-corrected chi connectivity index (χ3v) is 1.62. The van der Waals surface area contributed by atoms with Crippen molar-refractivity contribution in [2.45, 2.75) is 6.92 Å². The zero-order valence-electron chi connectivity index (χ0n) is 7.93. The number of aromatic nitrogens is 4. The summed E-state index contributed by atoms with van der Waals surface area (Å²) in [5, 5.41) is 9.90. The summed E-state index contributed by atoms with van der Waals surface area (Å²) in [5.41, 5.74) is 0.460. The molecule has 0 saturated carbocycles. The van der Waals surface area contributed by atoms with Crippen LogP contribution < -0.4 is 0 Å². The SMILES string of the molecule is CCOC(=O)c1nc(-c2ccon2)n[nH]1. The summed E-state index contributed by atoms with van der Waals surface area (Å²) in [6.07, 6.45) is 1.40. The molecule has 15 heavy (non-hydrogen) atoms. The molecule has 0 aromatic carbocycles. The average molecular weight is 208 g/mol. The molecular formula is C8H8N4O3. The Kier molecular flexibility index (Phi) is 2.44. The van der Waals surface area contributed by atoms with Gasteiger partial charge in [0.1, 0.15) is 6.26 Å². The number of ether oxygens (including phenoxy) is 1. The molecule has 7 heteroatoms. The van der Waals surface area contributed by atoms with Crippen molar-refractivity contribution < 1.29 is 14.1 Å². The van der Waals surface area contributed by atoms with Gasteiger partial charge in [-0.1, -0.05) is 5.16 Å². The summed E-state index contributed by atoms with van der Waals surface area (Å²) in [5.74, 6) is -0.193. The van der Waals surface area contributed by atoms with Gasteiger partial charge in [0.2, 0.25) is 11.6 Å². The Morgan fingerprint density at radius 2 is 2.53 bits per heavy atom. The molecule has 0 aliphatic rings. The molecule has 0 bridgehead atoms. The van der Waals surface area contributed by atoms with Crippen LogP contribution in [0.5, 0.6) is 0 Å². The lowest BCUT2D eigenvalue weighted by Crippen LogP contribution is -2.06. The van der Waals surface area contributed by atoms with Crippen LogP contribution in [-0.4, -0.2) is 32.9 Å². The summed E-state index contributed by atoms with van der Waals surface area (Å²) in [6, 6.07) is 1.60. The Hall–Kier alpha value is -2.18. The highest BCUT2D eigenvalue weighted by Crippen LogP contribution is 2.10. The first kappa shape index (κ1) is 9.38. The number of nitrogens with zero attached hydrogens (tertiary/aromatic N) is 3. The first-order valence-electron chi connectivity index (χ1n) is 4.31. The van der Waals surface area contributed by atoms with E-state index in [1.54, 1.807) is 13.0 Å². The molecule has 0 aliphatic carbocycles. The van der Waals surface area contributed by atoms with Crippen LogP contribution in [0.1, 0.15) is 17.5 Å². The van der Waals surface area contributed by atoms with E-state index in [1.807, 2.05) is 0 Å². The second-order valence-corrected chi connectivity index (χ2v) is 2.61. The molecule has 0 fully saturated rings. The Balaban J connectivity index is 2.21. The van der Waals surface area contributed by atoms with E-state index in [9.17, 15) is 4.79 Å². The van der Waals surface area contributed by atoms with Crippen LogP contribution >= 0.6 is 0 Å².